The normalized spacial score (nSPS) is 12.2. The van der Waals surface area contributed by atoms with Crippen LogP contribution in [-0.4, -0.2) is 24.3 Å². The maximum absolute atomic E-state index is 3.97. The summed E-state index contributed by atoms with van der Waals surface area (Å²) in [6.07, 6.45) is 1.77. The van der Waals surface area contributed by atoms with Crippen molar-refractivity contribution in [3.63, 3.8) is 0 Å². The van der Waals surface area contributed by atoms with Crippen molar-refractivity contribution < 1.29 is 0 Å². The minimum absolute atomic E-state index is 0.207. The van der Waals surface area contributed by atoms with Gasteiger partial charge in [-0.25, -0.2) is 0 Å². The minimum atomic E-state index is 0.207. The number of H-pyrrole nitrogens is 1. The van der Waals surface area contributed by atoms with Gasteiger partial charge >= 0.3 is 0 Å². The van der Waals surface area contributed by atoms with Crippen molar-refractivity contribution in [3.05, 3.63) is 42.2 Å². The molecule has 0 fully saturated rings. The van der Waals surface area contributed by atoms with E-state index in [4.69, 9.17) is 0 Å². The molecular weight excluding hydrogens is 212 g/mol. The summed E-state index contributed by atoms with van der Waals surface area (Å²) in [6.45, 7) is 2.11. The Balaban J connectivity index is 2.18. The molecule has 1 unspecified atom stereocenters. The standard InChI is InChI=1S/C13H18N4/c1-10(11-8-9-14-16-11)15-12-6-4-5-7-13(12)17(2)3/h4-10,15H,1-3H3,(H,14,16). The highest BCUT2D eigenvalue weighted by molar-refractivity contribution is 5.69. The Kier molecular flexibility index (Phi) is 3.32. The molecule has 17 heavy (non-hydrogen) atoms. The third-order valence-electron chi connectivity index (χ3n) is 2.75. The molecule has 0 aliphatic heterocycles. The summed E-state index contributed by atoms with van der Waals surface area (Å²) in [5.74, 6) is 0. The van der Waals surface area contributed by atoms with Gasteiger partial charge in [0.2, 0.25) is 0 Å². The van der Waals surface area contributed by atoms with Gasteiger partial charge in [0.05, 0.1) is 23.1 Å². The van der Waals surface area contributed by atoms with E-state index in [1.807, 2.05) is 32.3 Å². The van der Waals surface area contributed by atoms with Crippen LogP contribution in [0.3, 0.4) is 0 Å². The van der Waals surface area contributed by atoms with Crippen molar-refractivity contribution in [2.75, 3.05) is 24.3 Å². The molecule has 1 aromatic carbocycles. The van der Waals surface area contributed by atoms with E-state index < -0.39 is 0 Å². The number of anilines is 2. The van der Waals surface area contributed by atoms with E-state index >= 15 is 0 Å². The van der Waals surface area contributed by atoms with Gasteiger partial charge in [0, 0.05) is 20.3 Å². The van der Waals surface area contributed by atoms with Crippen LogP contribution in [0.15, 0.2) is 36.5 Å². The van der Waals surface area contributed by atoms with Crippen molar-refractivity contribution in [3.8, 4) is 0 Å². The minimum Gasteiger partial charge on any atom is -0.376 e. The van der Waals surface area contributed by atoms with Gasteiger partial charge in [-0.3, -0.25) is 5.10 Å². The number of aromatic nitrogens is 2. The summed E-state index contributed by atoms with van der Waals surface area (Å²) in [5, 5.41) is 10.4. The van der Waals surface area contributed by atoms with E-state index in [1.165, 1.54) is 5.69 Å². The number of benzene rings is 1. The number of hydrogen-bond acceptors (Lipinski definition) is 3. The predicted octanol–water partition coefficient (Wildman–Crippen LogP) is 2.65. The van der Waals surface area contributed by atoms with Gasteiger partial charge in [-0.15, -0.1) is 0 Å². The summed E-state index contributed by atoms with van der Waals surface area (Å²) in [7, 11) is 4.09. The smallest absolute Gasteiger partial charge is 0.0652 e. The number of nitrogens with one attached hydrogen (secondary N) is 2. The lowest BCUT2D eigenvalue weighted by Crippen LogP contribution is -2.14. The molecule has 0 radical (unpaired) electrons. The first-order valence-electron chi connectivity index (χ1n) is 5.70. The molecule has 0 spiro atoms. The zero-order valence-electron chi connectivity index (χ0n) is 10.4. The zero-order valence-corrected chi connectivity index (χ0v) is 10.4. The highest BCUT2D eigenvalue weighted by Gasteiger charge is 2.09. The number of para-hydroxylation sites is 2. The van der Waals surface area contributed by atoms with Crippen molar-refractivity contribution >= 4 is 11.4 Å². The second-order valence-electron chi connectivity index (χ2n) is 4.29. The van der Waals surface area contributed by atoms with Crippen molar-refractivity contribution in [1.29, 1.82) is 0 Å². The highest BCUT2D eigenvalue weighted by atomic mass is 15.1. The van der Waals surface area contributed by atoms with Gasteiger partial charge in [0.25, 0.3) is 0 Å². The molecule has 0 saturated carbocycles. The maximum Gasteiger partial charge on any atom is 0.0652 e. The van der Waals surface area contributed by atoms with Crippen molar-refractivity contribution in [1.82, 2.24) is 10.2 Å². The molecule has 2 N–H and O–H groups in total. The SMILES string of the molecule is CC(Nc1ccccc1N(C)C)c1ccn[nH]1. The molecule has 1 atom stereocenters. The first kappa shape index (κ1) is 11.5. The van der Waals surface area contributed by atoms with Gasteiger partial charge in [-0.2, -0.15) is 5.10 Å². The third kappa shape index (κ3) is 2.58. The second-order valence-corrected chi connectivity index (χ2v) is 4.29. The van der Waals surface area contributed by atoms with Crippen LogP contribution < -0.4 is 10.2 Å². The lowest BCUT2D eigenvalue weighted by Gasteiger charge is -2.21. The fourth-order valence-electron chi connectivity index (χ4n) is 1.80. The summed E-state index contributed by atoms with van der Waals surface area (Å²) < 4.78 is 0. The predicted molar refractivity (Wildman–Crippen MR) is 71.4 cm³/mol. The van der Waals surface area contributed by atoms with Crippen LogP contribution >= 0.6 is 0 Å². The summed E-state index contributed by atoms with van der Waals surface area (Å²) in [5.41, 5.74) is 3.39. The van der Waals surface area contributed by atoms with E-state index in [0.29, 0.717) is 0 Å². The lowest BCUT2D eigenvalue weighted by atomic mass is 10.2. The molecular formula is C13H18N4. The first-order valence-corrected chi connectivity index (χ1v) is 5.70. The molecule has 1 aromatic heterocycles. The molecule has 0 aliphatic rings. The van der Waals surface area contributed by atoms with Gasteiger partial charge in [-0.1, -0.05) is 12.1 Å². The Morgan fingerprint density at radius 3 is 2.65 bits per heavy atom. The molecule has 4 nitrogen and oxygen atoms in total. The van der Waals surface area contributed by atoms with Crippen LogP contribution in [-0.2, 0) is 0 Å². The highest BCUT2D eigenvalue weighted by Crippen LogP contribution is 2.27. The van der Waals surface area contributed by atoms with Crippen LogP contribution in [0, 0.1) is 0 Å². The Morgan fingerprint density at radius 1 is 1.24 bits per heavy atom. The zero-order chi connectivity index (χ0) is 12.3. The van der Waals surface area contributed by atoms with Gasteiger partial charge in [0.15, 0.2) is 0 Å². The van der Waals surface area contributed by atoms with Crippen LogP contribution in [0.5, 0.6) is 0 Å². The molecule has 2 aromatic rings. The molecule has 0 saturated heterocycles. The fraction of sp³-hybridized carbons (Fsp3) is 0.308. The average Bonchev–Trinajstić information content (AvgIpc) is 2.83. The van der Waals surface area contributed by atoms with Gasteiger partial charge < -0.3 is 10.2 Å². The molecule has 0 bridgehead atoms. The van der Waals surface area contributed by atoms with Crippen LogP contribution in [0.4, 0.5) is 11.4 Å². The second kappa shape index (κ2) is 4.91. The number of nitrogens with zero attached hydrogens (tertiary/aromatic N) is 2. The van der Waals surface area contributed by atoms with Crippen molar-refractivity contribution in [2.24, 2.45) is 0 Å². The first-order chi connectivity index (χ1) is 8.18. The number of hydrogen-bond donors (Lipinski definition) is 2. The summed E-state index contributed by atoms with van der Waals surface area (Å²) in [6, 6.07) is 10.5. The fourth-order valence-corrected chi connectivity index (χ4v) is 1.80. The molecule has 1 heterocycles. The molecule has 0 amide bonds. The number of rotatable bonds is 4. The maximum atomic E-state index is 3.97. The third-order valence-corrected chi connectivity index (χ3v) is 2.75. The Hall–Kier alpha value is -1.97. The van der Waals surface area contributed by atoms with Crippen molar-refractivity contribution in [2.45, 2.75) is 13.0 Å². The van der Waals surface area contributed by atoms with Gasteiger partial charge in [-0.05, 0) is 25.1 Å². The topological polar surface area (TPSA) is 44.0 Å². The van der Waals surface area contributed by atoms with E-state index in [-0.39, 0.29) is 6.04 Å². The molecule has 4 heteroatoms. The quantitative estimate of drug-likeness (QED) is 0.848. The van der Waals surface area contributed by atoms with Crippen LogP contribution in [0.25, 0.3) is 0 Å². The summed E-state index contributed by atoms with van der Waals surface area (Å²) >= 11 is 0. The molecule has 90 valence electrons. The van der Waals surface area contributed by atoms with E-state index in [0.717, 1.165) is 11.4 Å². The lowest BCUT2D eigenvalue weighted by molar-refractivity contribution is 0.825. The Labute approximate surface area is 102 Å². The summed E-state index contributed by atoms with van der Waals surface area (Å²) in [4.78, 5) is 2.10. The van der Waals surface area contributed by atoms with Crippen LogP contribution in [0.2, 0.25) is 0 Å². The monoisotopic (exact) mass is 230 g/mol. The van der Waals surface area contributed by atoms with Gasteiger partial charge in [0.1, 0.15) is 0 Å². The average molecular weight is 230 g/mol. The van der Waals surface area contributed by atoms with Crippen LogP contribution in [0.1, 0.15) is 18.7 Å². The van der Waals surface area contributed by atoms with E-state index in [9.17, 15) is 0 Å². The largest absolute Gasteiger partial charge is 0.376 e. The molecule has 2 rings (SSSR count). The molecule has 0 aliphatic carbocycles. The van der Waals surface area contributed by atoms with E-state index in [1.54, 1.807) is 6.20 Å². The number of aromatic amines is 1. The Morgan fingerprint density at radius 2 is 2.00 bits per heavy atom. The Bertz CT molecular complexity index is 462. The van der Waals surface area contributed by atoms with E-state index in [2.05, 4.69) is 39.5 Å².